The van der Waals surface area contributed by atoms with Crippen LogP contribution in [0.1, 0.15) is 53.4 Å². The molecule has 0 amide bonds. The maximum Gasteiger partial charge on any atom is 0.0672 e. The van der Waals surface area contributed by atoms with E-state index in [2.05, 4.69) is 38.7 Å². The molecule has 0 bridgehead atoms. The van der Waals surface area contributed by atoms with Crippen molar-refractivity contribution in [3.8, 4) is 6.07 Å². The minimum absolute atomic E-state index is 0.272. The van der Waals surface area contributed by atoms with Crippen molar-refractivity contribution in [2.24, 2.45) is 23.2 Å². The van der Waals surface area contributed by atoms with E-state index in [9.17, 15) is 5.26 Å². The van der Waals surface area contributed by atoms with Crippen LogP contribution < -0.4 is 0 Å². The summed E-state index contributed by atoms with van der Waals surface area (Å²) in [6.45, 7) is 11.8. The van der Waals surface area contributed by atoms with E-state index in [-0.39, 0.29) is 5.92 Å². The lowest BCUT2D eigenvalue weighted by molar-refractivity contribution is 0.0724. The average molecular weight is 248 g/mol. The maximum atomic E-state index is 9.40. The van der Waals surface area contributed by atoms with Gasteiger partial charge in [-0.2, -0.15) is 5.26 Å². The highest BCUT2D eigenvalue weighted by molar-refractivity contribution is 5.00. The molecule has 102 valence electrons. The van der Waals surface area contributed by atoms with Crippen LogP contribution in [0.5, 0.6) is 0 Å². The van der Waals surface area contributed by atoms with Crippen molar-refractivity contribution < 1.29 is 0 Å². The largest absolute Gasteiger partial charge is 0.299 e. The van der Waals surface area contributed by atoms with Crippen LogP contribution in [0.25, 0.3) is 0 Å². The van der Waals surface area contributed by atoms with Gasteiger partial charge in [0.1, 0.15) is 0 Å². The first-order valence-electron chi connectivity index (χ1n) is 7.55. The highest BCUT2D eigenvalue weighted by Crippen LogP contribution is 2.42. The highest BCUT2D eigenvalue weighted by atomic mass is 15.2. The Morgan fingerprint density at radius 2 is 1.89 bits per heavy atom. The number of nitrogens with zero attached hydrogens (tertiary/aromatic N) is 2. The monoisotopic (exact) mass is 248 g/mol. The topological polar surface area (TPSA) is 27.0 Å². The summed E-state index contributed by atoms with van der Waals surface area (Å²) in [5.74, 6) is 1.87. The number of nitriles is 1. The smallest absolute Gasteiger partial charge is 0.0672 e. The van der Waals surface area contributed by atoms with Crippen LogP contribution in [0.3, 0.4) is 0 Å². The van der Waals surface area contributed by atoms with E-state index in [1.807, 2.05) is 0 Å². The molecule has 0 spiro atoms. The summed E-state index contributed by atoms with van der Waals surface area (Å²) in [7, 11) is 0. The Bertz CT molecular complexity index is 323. The predicted molar refractivity (Wildman–Crippen MR) is 75.0 cm³/mol. The molecular weight excluding hydrogens is 220 g/mol. The number of hydrogen-bond acceptors (Lipinski definition) is 2. The van der Waals surface area contributed by atoms with Gasteiger partial charge in [-0.3, -0.25) is 4.90 Å². The van der Waals surface area contributed by atoms with Gasteiger partial charge in [-0.15, -0.1) is 0 Å². The van der Waals surface area contributed by atoms with Crippen LogP contribution in [-0.4, -0.2) is 24.0 Å². The molecule has 0 aromatic carbocycles. The van der Waals surface area contributed by atoms with E-state index in [1.54, 1.807) is 0 Å². The summed E-state index contributed by atoms with van der Waals surface area (Å²) in [6.07, 6.45) is 4.89. The van der Waals surface area contributed by atoms with Gasteiger partial charge in [0, 0.05) is 12.6 Å². The third kappa shape index (κ3) is 2.88. The Morgan fingerprint density at radius 3 is 2.39 bits per heavy atom. The molecule has 4 unspecified atom stereocenters. The summed E-state index contributed by atoms with van der Waals surface area (Å²) in [4.78, 5) is 2.61. The molecule has 2 aliphatic rings. The zero-order chi connectivity index (χ0) is 13.3. The molecule has 2 heteroatoms. The summed E-state index contributed by atoms with van der Waals surface area (Å²) >= 11 is 0. The van der Waals surface area contributed by atoms with Gasteiger partial charge in [-0.25, -0.2) is 0 Å². The Hall–Kier alpha value is -0.550. The van der Waals surface area contributed by atoms with Gasteiger partial charge in [0.25, 0.3) is 0 Å². The van der Waals surface area contributed by atoms with Crippen LogP contribution in [0.15, 0.2) is 0 Å². The maximum absolute atomic E-state index is 9.40. The van der Waals surface area contributed by atoms with Crippen molar-refractivity contribution in [3.05, 3.63) is 0 Å². The fourth-order valence-corrected chi connectivity index (χ4v) is 3.76. The van der Waals surface area contributed by atoms with Gasteiger partial charge in [0.05, 0.1) is 12.0 Å². The second kappa shape index (κ2) is 5.21. The molecule has 0 aromatic rings. The molecular formula is C16H28N2. The second-order valence-corrected chi connectivity index (χ2v) is 7.57. The molecule has 0 radical (unpaired) electrons. The van der Waals surface area contributed by atoms with E-state index in [0.29, 0.717) is 11.5 Å². The zero-order valence-corrected chi connectivity index (χ0v) is 12.4. The molecule has 4 atom stereocenters. The van der Waals surface area contributed by atoms with Crippen LogP contribution >= 0.6 is 0 Å². The molecule has 1 aliphatic heterocycles. The van der Waals surface area contributed by atoms with Crippen LogP contribution in [0.2, 0.25) is 0 Å². The molecule has 2 fully saturated rings. The van der Waals surface area contributed by atoms with Crippen LogP contribution in [-0.2, 0) is 0 Å². The van der Waals surface area contributed by atoms with Crippen molar-refractivity contribution >= 4 is 0 Å². The summed E-state index contributed by atoms with van der Waals surface area (Å²) in [5.41, 5.74) is 0.393. The highest BCUT2D eigenvalue weighted by Gasteiger charge is 2.40. The van der Waals surface area contributed by atoms with Gasteiger partial charge in [-0.05, 0) is 49.5 Å². The molecule has 2 nitrogen and oxygen atoms in total. The van der Waals surface area contributed by atoms with Crippen LogP contribution in [0, 0.1) is 34.5 Å². The lowest BCUT2D eigenvalue weighted by Gasteiger charge is -2.43. The number of rotatable bonds is 1. The van der Waals surface area contributed by atoms with E-state index in [0.717, 1.165) is 18.3 Å². The first-order valence-corrected chi connectivity index (χ1v) is 7.55. The molecule has 2 rings (SSSR count). The lowest BCUT2D eigenvalue weighted by Crippen LogP contribution is -2.45. The normalized spacial score (nSPS) is 38.6. The summed E-state index contributed by atoms with van der Waals surface area (Å²) < 4.78 is 0. The van der Waals surface area contributed by atoms with E-state index in [1.165, 1.54) is 32.4 Å². The number of likely N-dealkylation sites (tertiary alicyclic amines) is 1. The first-order chi connectivity index (χ1) is 8.41. The molecule has 18 heavy (non-hydrogen) atoms. The lowest BCUT2D eigenvalue weighted by atomic mass is 9.68. The van der Waals surface area contributed by atoms with Gasteiger partial charge < -0.3 is 0 Å². The van der Waals surface area contributed by atoms with Gasteiger partial charge in [0.15, 0.2) is 0 Å². The van der Waals surface area contributed by atoms with Crippen molar-refractivity contribution in [1.82, 2.24) is 4.90 Å². The number of hydrogen-bond donors (Lipinski definition) is 0. The van der Waals surface area contributed by atoms with E-state index < -0.39 is 0 Å². The third-order valence-corrected chi connectivity index (χ3v) is 5.13. The zero-order valence-electron chi connectivity index (χ0n) is 12.4. The minimum Gasteiger partial charge on any atom is -0.299 e. The molecule has 1 aliphatic carbocycles. The van der Waals surface area contributed by atoms with Crippen molar-refractivity contribution in [3.63, 3.8) is 0 Å². The molecule has 1 heterocycles. The average Bonchev–Trinajstić information content (AvgIpc) is 2.73. The molecule has 0 N–H and O–H groups in total. The standard InChI is InChI=1S/C16H28N2/c1-12-7-8-18(11-12)15-9-14(16(2,3)4)6-5-13(15)10-17/h12-15H,5-9,11H2,1-4H3. The van der Waals surface area contributed by atoms with Crippen molar-refractivity contribution in [2.45, 2.75) is 59.4 Å². The van der Waals surface area contributed by atoms with Crippen molar-refractivity contribution in [2.75, 3.05) is 13.1 Å². The minimum atomic E-state index is 0.272. The van der Waals surface area contributed by atoms with Crippen LogP contribution in [0.4, 0.5) is 0 Å². The quantitative estimate of drug-likeness (QED) is 0.707. The SMILES string of the molecule is CC1CCN(C2CC(C(C)(C)C)CCC2C#N)C1. The Morgan fingerprint density at radius 1 is 1.17 bits per heavy atom. The fraction of sp³-hybridized carbons (Fsp3) is 0.938. The second-order valence-electron chi connectivity index (χ2n) is 7.57. The molecule has 1 saturated carbocycles. The molecule has 1 saturated heterocycles. The Balaban J connectivity index is 2.07. The Labute approximate surface area is 112 Å². The predicted octanol–water partition coefficient (Wildman–Crippen LogP) is 3.68. The van der Waals surface area contributed by atoms with Gasteiger partial charge in [-0.1, -0.05) is 27.7 Å². The van der Waals surface area contributed by atoms with Gasteiger partial charge in [0.2, 0.25) is 0 Å². The van der Waals surface area contributed by atoms with Gasteiger partial charge >= 0.3 is 0 Å². The first kappa shape index (κ1) is 13.9. The summed E-state index contributed by atoms with van der Waals surface area (Å²) in [6, 6.07) is 3.10. The van der Waals surface area contributed by atoms with Crippen molar-refractivity contribution in [1.29, 1.82) is 5.26 Å². The fourth-order valence-electron chi connectivity index (χ4n) is 3.76. The molecule has 0 aromatic heterocycles. The van der Waals surface area contributed by atoms with E-state index in [4.69, 9.17) is 0 Å². The summed E-state index contributed by atoms with van der Waals surface area (Å²) in [5, 5.41) is 9.40. The van der Waals surface area contributed by atoms with E-state index >= 15 is 0 Å². The third-order valence-electron chi connectivity index (χ3n) is 5.13. The Kier molecular flexibility index (Phi) is 4.02.